The van der Waals surface area contributed by atoms with Crippen molar-refractivity contribution in [3.05, 3.63) is 112 Å². The van der Waals surface area contributed by atoms with Crippen LogP contribution in [0.1, 0.15) is 72.3 Å². The van der Waals surface area contributed by atoms with Crippen LogP contribution in [0.2, 0.25) is 0 Å². The van der Waals surface area contributed by atoms with Crippen molar-refractivity contribution in [2.75, 3.05) is 19.6 Å². The summed E-state index contributed by atoms with van der Waals surface area (Å²) in [5, 5.41) is 9.55. The summed E-state index contributed by atoms with van der Waals surface area (Å²) in [5.41, 5.74) is 9.61. The van der Waals surface area contributed by atoms with Crippen molar-refractivity contribution < 1.29 is 0 Å². The van der Waals surface area contributed by atoms with Crippen LogP contribution in [0.25, 0.3) is 17.7 Å². The van der Waals surface area contributed by atoms with Gasteiger partial charge in [-0.3, -0.25) is 0 Å². The van der Waals surface area contributed by atoms with Crippen molar-refractivity contribution in [3.63, 3.8) is 0 Å². The number of piperidine rings is 1. The molecule has 0 bridgehead atoms. The van der Waals surface area contributed by atoms with E-state index in [1.54, 1.807) is 5.57 Å². The summed E-state index contributed by atoms with van der Waals surface area (Å²) in [5.74, 6) is 0.0280. The lowest BCUT2D eigenvalue weighted by Gasteiger charge is -2.30. The zero-order chi connectivity index (χ0) is 23.9. The molecule has 1 atom stereocenters. The van der Waals surface area contributed by atoms with Gasteiger partial charge < -0.3 is 4.90 Å². The lowest BCUT2D eigenvalue weighted by molar-refractivity contribution is 0.251. The van der Waals surface area contributed by atoms with Crippen LogP contribution >= 0.6 is 12.4 Å². The van der Waals surface area contributed by atoms with Gasteiger partial charge >= 0.3 is 0 Å². The molecule has 1 fully saturated rings. The van der Waals surface area contributed by atoms with Gasteiger partial charge in [-0.1, -0.05) is 109 Å². The number of likely N-dealkylation sites (tertiary alicyclic amines) is 1. The lowest BCUT2D eigenvalue weighted by Crippen LogP contribution is -2.32. The van der Waals surface area contributed by atoms with Crippen LogP contribution in [0, 0.1) is 11.3 Å². The third kappa shape index (κ3) is 5.98. The van der Waals surface area contributed by atoms with E-state index in [0.29, 0.717) is 0 Å². The number of hydrogen-bond acceptors (Lipinski definition) is 2. The van der Waals surface area contributed by atoms with Crippen molar-refractivity contribution >= 4 is 30.1 Å². The largest absolute Gasteiger partial charge is 0.303 e. The average molecular weight is 495 g/mol. The number of nitriles is 1. The number of hydrogen-bond donors (Lipinski definition) is 0. The molecule has 2 nitrogen and oxygen atoms in total. The zero-order valence-electron chi connectivity index (χ0n) is 20.9. The van der Waals surface area contributed by atoms with Crippen molar-refractivity contribution in [1.29, 1.82) is 5.26 Å². The van der Waals surface area contributed by atoms with E-state index in [4.69, 9.17) is 0 Å². The first-order valence-corrected chi connectivity index (χ1v) is 13.1. The summed E-state index contributed by atoms with van der Waals surface area (Å²) in [6.07, 6.45) is 11.3. The van der Waals surface area contributed by atoms with Gasteiger partial charge in [-0.25, -0.2) is 0 Å². The van der Waals surface area contributed by atoms with E-state index in [1.807, 2.05) is 18.2 Å². The minimum Gasteiger partial charge on any atom is -0.303 e. The van der Waals surface area contributed by atoms with Crippen LogP contribution in [0.15, 0.2) is 84.4 Å². The molecule has 184 valence electrons. The summed E-state index contributed by atoms with van der Waals surface area (Å²) in [4.78, 5) is 2.63. The first-order chi connectivity index (χ1) is 17.3. The maximum absolute atomic E-state index is 9.55. The van der Waals surface area contributed by atoms with Gasteiger partial charge in [-0.05, 0) is 65.6 Å². The molecule has 36 heavy (non-hydrogen) atoms. The van der Waals surface area contributed by atoms with E-state index >= 15 is 0 Å². The molecule has 3 aromatic rings. The topological polar surface area (TPSA) is 27.0 Å². The van der Waals surface area contributed by atoms with Crippen molar-refractivity contribution in [3.8, 4) is 6.07 Å². The first-order valence-electron chi connectivity index (χ1n) is 13.1. The Labute approximate surface area is 222 Å². The number of unbranched alkanes of at least 4 members (excludes halogenated alkanes) is 2. The Morgan fingerprint density at radius 1 is 0.722 bits per heavy atom. The molecule has 0 radical (unpaired) electrons. The van der Waals surface area contributed by atoms with Gasteiger partial charge in [-0.2, -0.15) is 5.26 Å². The molecule has 0 aromatic heterocycles. The van der Waals surface area contributed by atoms with E-state index in [9.17, 15) is 5.26 Å². The van der Waals surface area contributed by atoms with Gasteiger partial charge in [0, 0.05) is 13.1 Å². The predicted octanol–water partition coefficient (Wildman–Crippen LogP) is 8.36. The van der Waals surface area contributed by atoms with Crippen molar-refractivity contribution in [1.82, 2.24) is 4.90 Å². The molecular formula is C33H35ClN2. The van der Waals surface area contributed by atoms with Gasteiger partial charge in [0.1, 0.15) is 0 Å². The molecule has 1 heterocycles. The van der Waals surface area contributed by atoms with Crippen LogP contribution in [0.3, 0.4) is 0 Å². The number of fused-ring (bicyclic) bond motifs is 2. The van der Waals surface area contributed by atoms with Crippen LogP contribution in [0.5, 0.6) is 0 Å². The van der Waals surface area contributed by atoms with E-state index in [1.165, 1.54) is 47.2 Å². The van der Waals surface area contributed by atoms with E-state index < -0.39 is 0 Å². The molecule has 0 saturated carbocycles. The van der Waals surface area contributed by atoms with Gasteiger partial charge in [0.15, 0.2) is 0 Å². The minimum absolute atomic E-state index is 0. The highest BCUT2D eigenvalue weighted by atomic mass is 35.5. The Balaban J connectivity index is 0.00000304. The quantitative estimate of drug-likeness (QED) is 0.241. The second-order valence-corrected chi connectivity index (χ2v) is 9.77. The highest BCUT2D eigenvalue weighted by molar-refractivity contribution is 5.94. The molecule has 1 unspecified atom stereocenters. The molecule has 0 spiro atoms. The molecule has 1 saturated heterocycles. The third-order valence-corrected chi connectivity index (χ3v) is 7.54. The van der Waals surface area contributed by atoms with Crippen LogP contribution in [-0.4, -0.2) is 24.5 Å². The number of nitrogens with zero attached hydrogens (tertiary/aromatic N) is 2. The highest BCUT2D eigenvalue weighted by Gasteiger charge is 2.22. The van der Waals surface area contributed by atoms with Crippen LogP contribution in [0.4, 0.5) is 0 Å². The molecule has 3 aromatic carbocycles. The molecule has 5 rings (SSSR count). The molecule has 0 N–H and O–H groups in total. The average Bonchev–Trinajstić information content (AvgIpc) is 3.09. The molecule has 0 amide bonds. The Morgan fingerprint density at radius 3 is 1.92 bits per heavy atom. The number of rotatable bonds is 7. The Hall–Kier alpha value is -3.12. The maximum Gasteiger partial charge on any atom is 0.0712 e. The van der Waals surface area contributed by atoms with Gasteiger partial charge in [0.05, 0.1) is 12.0 Å². The standard InChI is InChI=1S/C33H34N2.ClH/c34-25-30(26-11-3-1-4-12-26)15-5-2-10-22-35-23-20-29(21-24-35)33-31-16-8-6-13-27(31)18-19-28-14-7-9-17-32(28)33;/h1,3-4,6-9,11-14,16-19,30H,2,5,10,15,20-24H2;1H. The fourth-order valence-corrected chi connectivity index (χ4v) is 5.59. The first kappa shape index (κ1) is 26.0. The fourth-order valence-electron chi connectivity index (χ4n) is 5.59. The summed E-state index contributed by atoms with van der Waals surface area (Å²) in [6, 6.07) is 30.4. The summed E-state index contributed by atoms with van der Waals surface area (Å²) in [7, 11) is 0. The summed E-state index contributed by atoms with van der Waals surface area (Å²) >= 11 is 0. The van der Waals surface area contributed by atoms with Crippen LogP contribution in [-0.2, 0) is 0 Å². The SMILES string of the molecule is Cl.N#CC(CCCCCN1CCC(=C2c3ccccc3C=Cc3ccccc32)CC1)c1ccccc1. The Bertz CT molecular complexity index is 1190. The van der Waals surface area contributed by atoms with E-state index in [-0.39, 0.29) is 18.3 Å². The third-order valence-electron chi connectivity index (χ3n) is 7.54. The summed E-state index contributed by atoms with van der Waals surface area (Å²) < 4.78 is 0. The summed E-state index contributed by atoms with van der Waals surface area (Å²) in [6.45, 7) is 3.45. The smallest absolute Gasteiger partial charge is 0.0712 e. The van der Waals surface area contributed by atoms with Gasteiger partial charge in [-0.15, -0.1) is 12.4 Å². The molecule has 1 aliphatic carbocycles. The second kappa shape index (κ2) is 12.7. The van der Waals surface area contributed by atoms with Crippen molar-refractivity contribution in [2.24, 2.45) is 0 Å². The molecule has 1 aliphatic heterocycles. The maximum atomic E-state index is 9.55. The van der Waals surface area contributed by atoms with E-state index in [2.05, 4.69) is 83.8 Å². The second-order valence-electron chi connectivity index (χ2n) is 9.77. The van der Waals surface area contributed by atoms with E-state index in [0.717, 1.165) is 44.3 Å². The van der Waals surface area contributed by atoms with Crippen molar-refractivity contribution in [2.45, 2.75) is 44.4 Å². The monoisotopic (exact) mass is 494 g/mol. The fraction of sp³-hybridized carbons (Fsp3) is 0.303. The predicted molar refractivity (Wildman–Crippen MR) is 154 cm³/mol. The molecule has 3 heteroatoms. The zero-order valence-corrected chi connectivity index (χ0v) is 21.7. The molecule has 2 aliphatic rings. The Morgan fingerprint density at radius 2 is 1.31 bits per heavy atom. The normalized spacial score (nSPS) is 15.8. The Kier molecular flexibility index (Phi) is 9.17. The van der Waals surface area contributed by atoms with Gasteiger partial charge in [0.25, 0.3) is 0 Å². The number of benzene rings is 3. The lowest BCUT2D eigenvalue weighted by atomic mass is 9.86. The van der Waals surface area contributed by atoms with Crippen LogP contribution < -0.4 is 0 Å². The minimum atomic E-state index is 0. The highest BCUT2D eigenvalue weighted by Crippen LogP contribution is 2.38. The molecular weight excluding hydrogens is 460 g/mol. The number of halogens is 1. The van der Waals surface area contributed by atoms with Gasteiger partial charge in [0.2, 0.25) is 0 Å².